The Labute approximate surface area is 188 Å². The molecule has 7 nitrogen and oxygen atoms in total. The van der Waals surface area contributed by atoms with Gasteiger partial charge in [-0.2, -0.15) is 0 Å². The summed E-state index contributed by atoms with van der Waals surface area (Å²) in [4.78, 5) is 36.7. The van der Waals surface area contributed by atoms with Gasteiger partial charge >= 0.3 is 12.1 Å². The van der Waals surface area contributed by atoms with Crippen LogP contribution in [-0.2, 0) is 19.1 Å². The normalized spacial score (nSPS) is 14.5. The van der Waals surface area contributed by atoms with Crippen LogP contribution >= 0.6 is 0 Å². The molecule has 0 aromatic heterocycles. The third-order valence-corrected chi connectivity index (χ3v) is 5.19. The molecule has 170 valence electrons. The molecular formula is C25H30N2O5. The minimum absolute atomic E-state index is 0.0653. The fraction of sp³-hybridized carbons (Fsp3) is 0.400. The summed E-state index contributed by atoms with van der Waals surface area (Å²) in [6.45, 7) is 8.47. The number of carbonyl (C=O) groups excluding carboxylic acids is 3. The maximum absolute atomic E-state index is 12.4. The molecule has 0 unspecified atom stereocenters. The number of hydrogen-bond donors (Lipinski definition) is 2. The van der Waals surface area contributed by atoms with Gasteiger partial charge in [0.1, 0.15) is 24.3 Å². The first kappa shape index (κ1) is 23.3. The Hall–Kier alpha value is -3.35. The Bertz CT molecular complexity index is 966. The van der Waals surface area contributed by atoms with Crippen LogP contribution in [0.5, 0.6) is 0 Å². The Morgan fingerprint density at radius 2 is 1.41 bits per heavy atom. The molecule has 0 spiro atoms. The standard InChI is InChI=1S/C25H30N2O5/c1-15(22(28)26-16(2)23(29)32-25(3,4)5)27-24(30)31-14-21-19-12-8-6-10-17(19)18-11-7-9-13-20(18)21/h6-13,15-16,21H,14H2,1-5H3,(H,26,28)(H,27,30)/t15-,16-/m1/s1. The van der Waals surface area contributed by atoms with E-state index in [2.05, 4.69) is 22.8 Å². The average Bonchev–Trinajstić information content (AvgIpc) is 3.04. The molecule has 32 heavy (non-hydrogen) atoms. The molecule has 2 atom stereocenters. The van der Waals surface area contributed by atoms with Gasteiger partial charge in [-0.15, -0.1) is 0 Å². The summed E-state index contributed by atoms with van der Waals surface area (Å²) in [5.74, 6) is -1.11. The zero-order valence-corrected chi connectivity index (χ0v) is 19.1. The van der Waals surface area contributed by atoms with Gasteiger partial charge < -0.3 is 20.1 Å². The summed E-state index contributed by atoms with van der Waals surface area (Å²) in [7, 11) is 0. The lowest BCUT2D eigenvalue weighted by molar-refractivity contribution is -0.158. The maximum Gasteiger partial charge on any atom is 0.407 e. The predicted molar refractivity (Wildman–Crippen MR) is 121 cm³/mol. The second-order valence-electron chi connectivity index (χ2n) is 8.96. The Kier molecular flexibility index (Phi) is 6.87. The molecule has 0 bridgehead atoms. The van der Waals surface area contributed by atoms with Gasteiger partial charge in [-0.05, 0) is 56.9 Å². The number of nitrogens with one attached hydrogen (secondary N) is 2. The van der Waals surface area contributed by atoms with E-state index in [-0.39, 0.29) is 12.5 Å². The van der Waals surface area contributed by atoms with Crippen LogP contribution in [0.3, 0.4) is 0 Å². The molecule has 0 aliphatic heterocycles. The summed E-state index contributed by atoms with van der Waals surface area (Å²) in [5.41, 5.74) is 3.85. The van der Waals surface area contributed by atoms with Gasteiger partial charge in [0.2, 0.25) is 5.91 Å². The topological polar surface area (TPSA) is 93.7 Å². The van der Waals surface area contributed by atoms with E-state index < -0.39 is 35.7 Å². The molecular weight excluding hydrogens is 408 g/mol. The maximum atomic E-state index is 12.4. The molecule has 1 aliphatic rings. The van der Waals surface area contributed by atoms with E-state index in [1.165, 1.54) is 13.8 Å². The van der Waals surface area contributed by atoms with Gasteiger partial charge in [0.05, 0.1) is 0 Å². The third-order valence-electron chi connectivity index (χ3n) is 5.19. The first-order valence-electron chi connectivity index (χ1n) is 10.7. The second kappa shape index (κ2) is 9.42. The van der Waals surface area contributed by atoms with Gasteiger partial charge in [-0.25, -0.2) is 9.59 Å². The first-order valence-corrected chi connectivity index (χ1v) is 10.7. The third kappa shape index (κ3) is 5.46. The number of fused-ring (bicyclic) bond motifs is 3. The van der Waals surface area contributed by atoms with E-state index in [1.54, 1.807) is 20.8 Å². The number of rotatable bonds is 6. The minimum atomic E-state index is -0.879. The van der Waals surface area contributed by atoms with Gasteiger partial charge in [0.25, 0.3) is 0 Å². The number of benzene rings is 2. The van der Waals surface area contributed by atoms with Crippen LogP contribution < -0.4 is 10.6 Å². The van der Waals surface area contributed by atoms with E-state index in [0.29, 0.717) is 0 Å². The van der Waals surface area contributed by atoms with Gasteiger partial charge in [-0.1, -0.05) is 48.5 Å². The molecule has 2 aromatic rings. The zero-order chi connectivity index (χ0) is 23.5. The number of carbonyl (C=O) groups is 3. The highest BCUT2D eigenvalue weighted by molar-refractivity contribution is 5.89. The molecule has 2 aromatic carbocycles. The van der Waals surface area contributed by atoms with E-state index in [9.17, 15) is 14.4 Å². The lowest BCUT2D eigenvalue weighted by Gasteiger charge is -2.23. The molecule has 0 heterocycles. The van der Waals surface area contributed by atoms with Crippen molar-refractivity contribution >= 4 is 18.0 Å². The highest BCUT2D eigenvalue weighted by Crippen LogP contribution is 2.44. The van der Waals surface area contributed by atoms with Gasteiger partial charge in [0.15, 0.2) is 0 Å². The molecule has 1 aliphatic carbocycles. The predicted octanol–water partition coefficient (Wildman–Crippen LogP) is 3.76. The quantitative estimate of drug-likeness (QED) is 0.670. The monoisotopic (exact) mass is 438 g/mol. The molecule has 0 saturated heterocycles. The van der Waals surface area contributed by atoms with Crippen LogP contribution in [0.25, 0.3) is 11.1 Å². The fourth-order valence-electron chi connectivity index (χ4n) is 3.67. The molecule has 0 saturated carbocycles. The number of hydrogen-bond acceptors (Lipinski definition) is 5. The Morgan fingerprint density at radius 1 is 0.875 bits per heavy atom. The van der Waals surface area contributed by atoms with Crippen molar-refractivity contribution in [1.29, 1.82) is 0 Å². The van der Waals surface area contributed by atoms with Crippen molar-refractivity contribution in [3.05, 3.63) is 59.7 Å². The minimum Gasteiger partial charge on any atom is -0.458 e. The van der Waals surface area contributed by atoms with Gasteiger partial charge in [-0.3, -0.25) is 4.79 Å². The molecule has 2 amide bonds. The first-order chi connectivity index (χ1) is 15.1. The second-order valence-corrected chi connectivity index (χ2v) is 8.96. The Balaban J connectivity index is 1.54. The fourth-order valence-corrected chi connectivity index (χ4v) is 3.67. The number of alkyl carbamates (subject to hydrolysis) is 1. The van der Waals surface area contributed by atoms with Crippen LogP contribution in [0.1, 0.15) is 51.7 Å². The number of esters is 1. The van der Waals surface area contributed by atoms with Crippen LogP contribution in [0.2, 0.25) is 0 Å². The summed E-state index contributed by atoms with van der Waals surface area (Å²) in [6, 6.07) is 14.4. The SMILES string of the molecule is C[C@@H](NC(=O)OCC1c2ccccc2-c2ccccc21)C(=O)N[C@H](C)C(=O)OC(C)(C)C. The van der Waals surface area contributed by atoms with Crippen molar-refractivity contribution in [2.75, 3.05) is 6.61 Å². The lowest BCUT2D eigenvalue weighted by Crippen LogP contribution is -2.50. The number of amides is 2. The molecule has 0 fully saturated rings. The lowest BCUT2D eigenvalue weighted by atomic mass is 9.98. The molecule has 2 N–H and O–H groups in total. The van der Waals surface area contributed by atoms with Crippen molar-refractivity contribution < 1.29 is 23.9 Å². The van der Waals surface area contributed by atoms with Crippen LogP contribution in [-0.4, -0.2) is 42.3 Å². The molecule has 7 heteroatoms. The highest BCUT2D eigenvalue weighted by Gasteiger charge is 2.30. The van der Waals surface area contributed by atoms with E-state index in [4.69, 9.17) is 9.47 Å². The largest absolute Gasteiger partial charge is 0.458 e. The van der Waals surface area contributed by atoms with Gasteiger partial charge in [0, 0.05) is 5.92 Å². The van der Waals surface area contributed by atoms with Crippen LogP contribution in [0, 0.1) is 0 Å². The zero-order valence-electron chi connectivity index (χ0n) is 19.1. The number of ether oxygens (including phenoxy) is 2. The van der Waals surface area contributed by atoms with Crippen molar-refractivity contribution in [3.8, 4) is 11.1 Å². The van der Waals surface area contributed by atoms with Crippen molar-refractivity contribution in [1.82, 2.24) is 10.6 Å². The Morgan fingerprint density at radius 3 is 1.94 bits per heavy atom. The highest BCUT2D eigenvalue weighted by atomic mass is 16.6. The summed E-state index contributed by atoms with van der Waals surface area (Å²) < 4.78 is 10.7. The summed E-state index contributed by atoms with van der Waals surface area (Å²) in [5, 5.41) is 5.07. The van der Waals surface area contributed by atoms with E-state index >= 15 is 0 Å². The van der Waals surface area contributed by atoms with E-state index in [0.717, 1.165) is 22.3 Å². The van der Waals surface area contributed by atoms with Crippen molar-refractivity contribution in [3.63, 3.8) is 0 Å². The smallest absolute Gasteiger partial charge is 0.407 e. The van der Waals surface area contributed by atoms with Crippen molar-refractivity contribution in [2.24, 2.45) is 0 Å². The molecule has 3 rings (SSSR count). The molecule has 0 radical (unpaired) electrons. The van der Waals surface area contributed by atoms with E-state index in [1.807, 2.05) is 36.4 Å². The summed E-state index contributed by atoms with van der Waals surface area (Å²) >= 11 is 0. The van der Waals surface area contributed by atoms with Crippen molar-refractivity contribution in [2.45, 2.75) is 58.2 Å². The summed E-state index contributed by atoms with van der Waals surface area (Å²) in [6.07, 6.45) is -0.695. The van der Waals surface area contributed by atoms with Crippen LogP contribution in [0.15, 0.2) is 48.5 Å². The average molecular weight is 439 g/mol. The van der Waals surface area contributed by atoms with Crippen LogP contribution in [0.4, 0.5) is 4.79 Å².